The van der Waals surface area contributed by atoms with Gasteiger partial charge < -0.3 is 10.1 Å². The number of hydrogen-bond donors (Lipinski definition) is 1. The summed E-state index contributed by atoms with van der Waals surface area (Å²) < 4.78 is 7.04. The van der Waals surface area contributed by atoms with Crippen LogP contribution >= 0.6 is 0 Å². The molecule has 0 amide bonds. The number of ether oxygens (including phenoxy) is 1. The van der Waals surface area contributed by atoms with Crippen molar-refractivity contribution >= 4 is 0 Å². The van der Waals surface area contributed by atoms with Gasteiger partial charge in [-0.25, -0.2) is 0 Å². The van der Waals surface area contributed by atoms with Crippen molar-refractivity contribution in [3.05, 3.63) is 18.0 Å². The SMILES string of the molecule is CCCCn1nccc1CNCCOC. The third kappa shape index (κ3) is 4.44. The largest absolute Gasteiger partial charge is 0.383 e. The van der Waals surface area contributed by atoms with Crippen LogP contribution < -0.4 is 5.32 Å². The highest BCUT2D eigenvalue weighted by molar-refractivity contribution is 4.99. The van der Waals surface area contributed by atoms with Gasteiger partial charge >= 0.3 is 0 Å². The van der Waals surface area contributed by atoms with Gasteiger partial charge in [-0.2, -0.15) is 5.10 Å². The van der Waals surface area contributed by atoms with E-state index in [1.54, 1.807) is 7.11 Å². The van der Waals surface area contributed by atoms with E-state index in [9.17, 15) is 0 Å². The van der Waals surface area contributed by atoms with E-state index in [4.69, 9.17) is 4.74 Å². The molecule has 0 aliphatic rings. The second-order valence-electron chi connectivity index (χ2n) is 3.57. The van der Waals surface area contributed by atoms with Crippen LogP contribution in [0.1, 0.15) is 25.5 Å². The highest BCUT2D eigenvalue weighted by atomic mass is 16.5. The van der Waals surface area contributed by atoms with Gasteiger partial charge in [-0.05, 0) is 12.5 Å². The zero-order valence-electron chi connectivity index (χ0n) is 9.70. The van der Waals surface area contributed by atoms with Crippen molar-refractivity contribution in [1.29, 1.82) is 0 Å². The molecule has 1 heterocycles. The van der Waals surface area contributed by atoms with Crippen LogP contribution in [0.4, 0.5) is 0 Å². The molecule has 0 radical (unpaired) electrons. The highest BCUT2D eigenvalue weighted by Crippen LogP contribution is 2.01. The molecule has 15 heavy (non-hydrogen) atoms. The van der Waals surface area contributed by atoms with E-state index in [1.807, 2.05) is 6.20 Å². The maximum Gasteiger partial charge on any atom is 0.0587 e. The van der Waals surface area contributed by atoms with Crippen LogP contribution in [-0.2, 0) is 17.8 Å². The maximum atomic E-state index is 4.97. The minimum Gasteiger partial charge on any atom is -0.383 e. The molecule has 0 spiro atoms. The third-order valence-corrected chi connectivity index (χ3v) is 2.32. The first-order valence-corrected chi connectivity index (χ1v) is 5.58. The van der Waals surface area contributed by atoms with Gasteiger partial charge in [-0.3, -0.25) is 4.68 Å². The normalized spacial score (nSPS) is 10.8. The molecule has 1 N–H and O–H groups in total. The summed E-state index contributed by atoms with van der Waals surface area (Å²) >= 11 is 0. The maximum absolute atomic E-state index is 4.97. The van der Waals surface area contributed by atoms with Gasteiger partial charge in [-0.1, -0.05) is 13.3 Å². The number of nitrogens with one attached hydrogen (secondary N) is 1. The van der Waals surface area contributed by atoms with Crippen LogP contribution in [0.2, 0.25) is 0 Å². The Hall–Kier alpha value is -0.870. The summed E-state index contributed by atoms with van der Waals surface area (Å²) in [6, 6.07) is 2.06. The van der Waals surface area contributed by atoms with E-state index < -0.39 is 0 Å². The van der Waals surface area contributed by atoms with Crippen molar-refractivity contribution < 1.29 is 4.74 Å². The highest BCUT2D eigenvalue weighted by Gasteiger charge is 2.00. The lowest BCUT2D eigenvalue weighted by Crippen LogP contribution is -2.20. The molecule has 0 aliphatic heterocycles. The van der Waals surface area contributed by atoms with Crippen molar-refractivity contribution in [2.75, 3.05) is 20.3 Å². The predicted octanol–water partition coefficient (Wildman–Crippen LogP) is 1.42. The summed E-state index contributed by atoms with van der Waals surface area (Å²) in [5.74, 6) is 0. The van der Waals surface area contributed by atoms with Gasteiger partial charge in [0.15, 0.2) is 0 Å². The molecular weight excluding hydrogens is 190 g/mol. The van der Waals surface area contributed by atoms with E-state index in [2.05, 4.69) is 28.1 Å². The number of hydrogen-bond acceptors (Lipinski definition) is 3. The third-order valence-electron chi connectivity index (χ3n) is 2.32. The number of unbranched alkanes of at least 4 members (excludes halogenated alkanes) is 1. The van der Waals surface area contributed by atoms with Gasteiger partial charge in [0.1, 0.15) is 0 Å². The Morgan fingerprint density at radius 3 is 3.13 bits per heavy atom. The Morgan fingerprint density at radius 1 is 1.53 bits per heavy atom. The zero-order valence-corrected chi connectivity index (χ0v) is 9.70. The molecule has 4 heteroatoms. The fraction of sp³-hybridized carbons (Fsp3) is 0.727. The Morgan fingerprint density at radius 2 is 2.40 bits per heavy atom. The molecule has 0 bridgehead atoms. The van der Waals surface area contributed by atoms with Gasteiger partial charge in [0, 0.05) is 32.9 Å². The molecule has 86 valence electrons. The molecule has 0 atom stereocenters. The average molecular weight is 211 g/mol. The average Bonchev–Trinajstić information content (AvgIpc) is 2.69. The quantitative estimate of drug-likeness (QED) is 0.661. The Balaban J connectivity index is 2.29. The van der Waals surface area contributed by atoms with Crippen molar-refractivity contribution in [2.45, 2.75) is 32.9 Å². The molecule has 0 fully saturated rings. The molecule has 0 aromatic carbocycles. The monoisotopic (exact) mass is 211 g/mol. The fourth-order valence-corrected chi connectivity index (χ4v) is 1.41. The molecular formula is C11H21N3O. The first-order valence-electron chi connectivity index (χ1n) is 5.58. The Labute approximate surface area is 91.6 Å². The van der Waals surface area contributed by atoms with Gasteiger partial charge in [0.25, 0.3) is 0 Å². The number of aryl methyl sites for hydroxylation is 1. The summed E-state index contributed by atoms with van der Waals surface area (Å²) in [7, 11) is 1.72. The lowest BCUT2D eigenvalue weighted by atomic mass is 10.3. The molecule has 1 rings (SSSR count). The van der Waals surface area contributed by atoms with Gasteiger partial charge in [-0.15, -0.1) is 0 Å². The molecule has 1 aromatic rings. The molecule has 4 nitrogen and oxygen atoms in total. The first-order chi connectivity index (χ1) is 7.38. The van der Waals surface area contributed by atoms with Crippen molar-refractivity contribution in [1.82, 2.24) is 15.1 Å². The molecule has 0 unspecified atom stereocenters. The number of nitrogens with zero attached hydrogens (tertiary/aromatic N) is 2. The van der Waals surface area contributed by atoms with Crippen molar-refractivity contribution in [3.8, 4) is 0 Å². The molecule has 0 aliphatic carbocycles. The summed E-state index contributed by atoms with van der Waals surface area (Å²) in [6.07, 6.45) is 4.26. The number of rotatable bonds is 8. The van der Waals surface area contributed by atoms with Crippen LogP contribution in [0.15, 0.2) is 12.3 Å². The van der Waals surface area contributed by atoms with Crippen LogP contribution in [0.25, 0.3) is 0 Å². The van der Waals surface area contributed by atoms with E-state index in [0.29, 0.717) is 0 Å². The molecule has 0 saturated carbocycles. The minimum absolute atomic E-state index is 0.753. The fourth-order valence-electron chi connectivity index (χ4n) is 1.41. The lowest BCUT2D eigenvalue weighted by molar-refractivity contribution is 0.199. The molecule has 0 saturated heterocycles. The zero-order chi connectivity index (χ0) is 10.9. The standard InChI is InChI=1S/C11H21N3O/c1-3-4-8-14-11(5-6-13-14)10-12-7-9-15-2/h5-6,12H,3-4,7-10H2,1-2H3. The summed E-state index contributed by atoms with van der Waals surface area (Å²) in [5.41, 5.74) is 1.25. The van der Waals surface area contributed by atoms with E-state index in [-0.39, 0.29) is 0 Å². The minimum atomic E-state index is 0.753. The van der Waals surface area contributed by atoms with Crippen molar-refractivity contribution in [3.63, 3.8) is 0 Å². The smallest absolute Gasteiger partial charge is 0.0587 e. The van der Waals surface area contributed by atoms with E-state index >= 15 is 0 Å². The van der Waals surface area contributed by atoms with Gasteiger partial charge in [0.2, 0.25) is 0 Å². The summed E-state index contributed by atoms with van der Waals surface area (Å²) in [6.45, 7) is 5.72. The summed E-state index contributed by atoms with van der Waals surface area (Å²) in [4.78, 5) is 0. The second kappa shape index (κ2) is 7.43. The Bertz CT molecular complexity index is 260. The lowest BCUT2D eigenvalue weighted by Gasteiger charge is -2.07. The second-order valence-corrected chi connectivity index (χ2v) is 3.57. The van der Waals surface area contributed by atoms with Gasteiger partial charge in [0.05, 0.1) is 12.3 Å². The van der Waals surface area contributed by atoms with Crippen LogP contribution in [0.5, 0.6) is 0 Å². The number of methoxy groups -OCH3 is 1. The topological polar surface area (TPSA) is 39.1 Å². The Kier molecular flexibility index (Phi) is 6.04. The van der Waals surface area contributed by atoms with Crippen LogP contribution in [-0.4, -0.2) is 30.0 Å². The van der Waals surface area contributed by atoms with E-state index in [1.165, 1.54) is 18.5 Å². The van der Waals surface area contributed by atoms with E-state index in [0.717, 1.165) is 26.2 Å². The predicted molar refractivity (Wildman–Crippen MR) is 60.7 cm³/mol. The summed E-state index contributed by atoms with van der Waals surface area (Å²) in [5, 5.41) is 7.62. The van der Waals surface area contributed by atoms with Crippen molar-refractivity contribution in [2.24, 2.45) is 0 Å². The molecule has 1 aromatic heterocycles. The van der Waals surface area contributed by atoms with Crippen LogP contribution in [0.3, 0.4) is 0 Å². The van der Waals surface area contributed by atoms with Crippen LogP contribution in [0, 0.1) is 0 Å². The first kappa shape index (κ1) is 12.2. The number of aromatic nitrogens is 2.